The van der Waals surface area contributed by atoms with E-state index in [1.807, 2.05) is 19.1 Å². The molecule has 1 heterocycles. The summed E-state index contributed by atoms with van der Waals surface area (Å²) in [5, 5.41) is 9.87. The maximum atomic E-state index is 11.3. The Balaban J connectivity index is 1.92. The summed E-state index contributed by atoms with van der Waals surface area (Å²) in [7, 11) is 0. The molecule has 0 spiro atoms. The molecule has 0 fully saturated rings. The third-order valence-electron chi connectivity index (χ3n) is 3.12. The van der Waals surface area contributed by atoms with Crippen LogP contribution in [0.15, 0.2) is 28.8 Å². The molecule has 2 rings (SSSR count). The zero-order chi connectivity index (χ0) is 16.7. The molecular formula is C16H22N4O3. The van der Waals surface area contributed by atoms with Gasteiger partial charge in [-0.05, 0) is 44.5 Å². The van der Waals surface area contributed by atoms with Crippen molar-refractivity contribution in [3.8, 4) is 0 Å². The van der Waals surface area contributed by atoms with Gasteiger partial charge in [-0.3, -0.25) is 5.32 Å². The van der Waals surface area contributed by atoms with E-state index in [0.29, 0.717) is 18.2 Å². The fourth-order valence-electron chi connectivity index (χ4n) is 2.02. The zero-order valence-electron chi connectivity index (χ0n) is 13.6. The molecule has 1 aromatic heterocycles. The SMILES string of the molecule is CCCc1noc([C@@H](C)Nc2ccc(NC(=O)OCC)cc2)n1. The van der Waals surface area contributed by atoms with Gasteiger partial charge in [-0.25, -0.2) is 4.79 Å². The minimum atomic E-state index is -0.462. The number of hydrogen-bond acceptors (Lipinski definition) is 6. The number of ether oxygens (including phenoxy) is 1. The largest absolute Gasteiger partial charge is 0.450 e. The van der Waals surface area contributed by atoms with Crippen molar-refractivity contribution in [2.75, 3.05) is 17.2 Å². The minimum Gasteiger partial charge on any atom is -0.450 e. The van der Waals surface area contributed by atoms with E-state index in [9.17, 15) is 4.79 Å². The van der Waals surface area contributed by atoms with E-state index in [2.05, 4.69) is 27.7 Å². The van der Waals surface area contributed by atoms with E-state index >= 15 is 0 Å². The highest BCUT2D eigenvalue weighted by Crippen LogP contribution is 2.20. The number of rotatable bonds is 7. The van der Waals surface area contributed by atoms with Gasteiger partial charge in [-0.1, -0.05) is 12.1 Å². The number of carbonyl (C=O) groups excluding carboxylic acids is 1. The molecule has 1 aromatic carbocycles. The summed E-state index contributed by atoms with van der Waals surface area (Å²) in [5.41, 5.74) is 1.56. The summed E-state index contributed by atoms with van der Waals surface area (Å²) >= 11 is 0. The lowest BCUT2D eigenvalue weighted by Gasteiger charge is -2.12. The van der Waals surface area contributed by atoms with Crippen LogP contribution in [0.3, 0.4) is 0 Å². The van der Waals surface area contributed by atoms with Gasteiger partial charge in [-0.15, -0.1) is 0 Å². The number of amides is 1. The van der Waals surface area contributed by atoms with Gasteiger partial charge in [-0.2, -0.15) is 4.98 Å². The molecule has 0 saturated heterocycles. The Morgan fingerprint density at radius 3 is 2.61 bits per heavy atom. The van der Waals surface area contributed by atoms with Gasteiger partial charge >= 0.3 is 6.09 Å². The van der Waals surface area contributed by atoms with E-state index in [1.165, 1.54) is 0 Å². The molecule has 0 unspecified atom stereocenters. The van der Waals surface area contributed by atoms with E-state index in [4.69, 9.17) is 9.26 Å². The molecule has 7 nitrogen and oxygen atoms in total. The van der Waals surface area contributed by atoms with Crippen molar-refractivity contribution in [3.05, 3.63) is 36.0 Å². The second-order valence-electron chi connectivity index (χ2n) is 5.09. The first-order valence-electron chi connectivity index (χ1n) is 7.75. The Morgan fingerprint density at radius 2 is 1.96 bits per heavy atom. The van der Waals surface area contributed by atoms with Gasteiger partial charge in [0.25, 0.3) is 0 Å². The Kier molecular flexibility index (Phi) is 5.96. The second-order valence-corrected chi connectivity index (χ2v) is 5.09. The molecule has 0 aliphatic heterocycles. The van der Waals surface area contributed by atoms with Gasteiger partial charge in [0.05, 0.1) is 6.61 Å². The summed E-state index contributed by atoms with van der Waals surface area (Å²) in [4.78, 5) is 15.7. The van der Waals surface area contributed by atoms with Gasteiger partial charge < -0.3 is 14.6 Å². The Bertz CT molecular complexity index is 625. The van der Waals surface area contributed by atoms with Crippen molar-refractivity contribution >= 4 is 17.5 Å². The lowest BCUT2D eigenvalue weighted by atomic mass is 10.2. The summed E-state index contributed by atoms with van der Waals surface area (Å²) in [6.45, 7) is 6.13. The molecule has 0 radical (unpaired) electrons. The molecule has 2 N–H and O–H groups in total. The quantitative estimate of drug-likeness (QED) is 0.808. The predicted molar refractivity (Wildman–Crippen MR) is 87.4 cm³/mol. The van der Waals surface area contributed by atoms with Gasteiger partial charge in [0.15, 0.2) is 5.82 Å². The molecular weight excluding hydrogens is 296 g/mol. The molecule has 7 heteroatoms. The molecule has 0 aliphatic rings. The fraction of sp³-hybridized carbons (Fsp3) is 0.438. The average molecular weight is 318 g/mol. The van der Waals surface area contributed by atoms with Crippen LogP contribution in [-0.2, 0) is 11.2 Å². The fourth-order valence-corrected chi connectivity index (χ4v) is 2.02. The molecule has 0 bridgehead atoms. The van der Waals surface area contributed by atoms with Crippen molar-refractivity contribution in [2.24, 2.45) is 0 Å². The zero-order valence-corrected chi connectivity index (χ0v) is 13.6. The highest BCUT2D eigenvalue weighted by Gasteiger charge is 2.13. The third kappa shape index (κ3) is 4.98. The molecule has 23 heavy (non-hydrogen) atoms. The van der Waals surface area contributed by atoms with Crippen LogP contribution in [0.1, 0.15) is 44.9 Å². The number of aromatic nitrogens is 2. The van der Waals surface area contributed by atoms with Gasteiger partial charge in [0.2, 0.25) is 5.89 Å². The summed E-state index contributed by atoms with van der Waals surface area (Å²) < 4.78 is 10.1. The van der Waals surface area contributed by atoms with E-state index in [0.717, 1.165) is 24.4 Å². The van der Waals surface area contributed by atoms with Crippen LogP contribution >= 0.6 is 0 Å². The van der Waals surface area contributed by atoms with Crippen LogP contribution < -0.4 is 10.6 Å². The van der Waals surface area contributed by atoms with Crippen molar-refractivity contribution in [2.45, 2.75) is 39.7 Å². The molecule has 1 atom stereocenters. The lowest BCUT2D eigenvalue weighted by Crippen LogP contribution is -2.13. The van der Waals surface area contributed by atoms with Crippen molar-refractivity contribution in [1.82, 2.24) is 10.1 Å². The number of anilines is 2. The Labute approximate surface area is 135 Å². The number of benzene rings is 1. The van der Waals surface area contributed by atoms with Gasteiger partial charge in [0.1, 0.15) is 6.04 Å². The number of nitrogens with one attached hydrogen (secondary N) is 2. The van der Waals surface area contributed by atoms with Crippen LogP contribution in [0.4, 0.5) is 16.2 Å². The van der Waals surface area contributed by atoms with Crippen LogP contribution in [0.2, 0.25) is 0 Å². The van der Waals surface area contributed by atoms with Crippen molar-refractivity contribution < 1.29 is 14.1 Å². The van der Waals surface area contributed by atoms with Gasteiger partial charge in [0, 0.05) is 17.8 Å². The third-order valence-corrected chi connectivity index (χ3v) is 3.12. The minimum absolute atomic E-state index is 0.100. The summed E-state index contributed by atoms with van der Waals surface area (Å²) in [6, 6.07) is 7.21. The first-order valence-corrected chi connectivity index (χ1v) is 7.75. The number of hydrogen-bond donors (Lipinski definition) is 2. The summed E-state index contributed by atoms with van der Waals surface area (Å²) in [6.07, 6.45) is 1.33. The first kappa shape index (κ1) is 16.8. The van der Waals surface area contributed by atoms with E-state index in [-0.39, 0.29) is 6.04 Å². The lowest BCUT2D eigenvalue weighted by molar-refractivity contribution is 0.168. The molecule has 0 aliphatic carbocycles. The molecule has 124 valence electrons. The predicted octanol–water partition coefficient (Wildman–Crippen LogP) is 3.76. The van der Waals surface area contributed by atoms with Crippen LogP contribution in [0.25, 0.3) is 0 Å². The highest BCUT2D eigenvalue weighted by molar-refractivity contribution is 5.84. The Morgan fingerprint density at radius 1 is 1.26 bits per heavy atom. The summed E-state index contributed by atoms with van der Waals surface area (Å²) in [5.74, 6) is 1.28. The van der Waals surface area contributed by atoms with E-state index in [1.54, 1.807) is 19.1 Å². The van der Waals surface area contributed by atoms with Crippen LogP contribution in [-0.4, -0.2) is 22.8 Å². The standard InChI is InChI=1S/C16H22N4O3/c1-4-6-14-19-15(23-20-14)11(3)17-12-7-9-13(10-8-12)18-16(21)22-5-2/h7-11,17H,4-6H2,1-3H3,(H,18,21)/t11-/m1/s1. The maximum Gasteiger partial charge on any atom is 0.411 e. The second kappa shape index (κ2) is 8.17. The number of aryl methyl sites for hydroxylation is 1. The normalized spacial score (nSPS) is 11.8. The highest BCUT2D eigenvalue weighted by atomic mass is 16.5. The average Bonchev–Trinajstić information content (AvgIpc) is 2.99. The number of carbonyl (C=O) groups is 1. The van der Waals surface area contributed by atoms with Crippen molar-refractivity contribution in [3.63, 3.8) is 0 Å². The maximum absolute atomic E-state index is 11.3. The van der Waals surface area contributed by atoms with E-state index < -0.39 is 6.09 Å². The Hall–Kier alpha value is -2.57. The van der Waals surface area contributed by atoms with Crippen LogP contribution in [0, 0.1) is 0 Å². The number of nitrogens with zero attached hydrogens (tertiary/aromatic N) is 2. The molecule has 0 saturated carbocycles. The molecule has 1 amide bonds. The van der Waals surface area contributed by atoms with Crippen molar-refractivity contribution in [1.29, 1.82) is 0 Å². The first-order chi connectivity index (χ1) is 11.1. The smallest absolute Gasteiger partial charge is 0.411 e. The monoisotopic (exact) mass is 318 g/mol. The molecule has 2 aromatic rings. The van der Waals surface area contributed by atoms with Crippen LogP contribution in [0.5, 0.6) is 0 Å². The topological polar surface area (TPSA) is 89.3 Å².